The minimum Gasteiger partial charge on any atom is -0.393 e. The topological polar surface area (TPSA) is 56.0 Å². The Bertz CT molecular complexity index is 345. The highest BCUT2D eigenvalue weighted by atomic mass is 16.3. The summed E-state index contributed by atoms with van der Waals surface area (Å²) in [6, 6.07) is 12.2. The van der Waals surface area contributed by atoms with Crippen LogP contribution in [0, 0.1) is 11.3 Å². The van der Waals surface area contributed by atoms with Crippen LogP contribution < -0.4 is 5.32 Å². The summed E-state index contributed by atoms with van der Waals surface area (Å²) >= 11 is 0. The zero-order chi connectivity index (χ0) is 12.5. The first-order chi connectivity index (χ1) is 8.27. The van der Waals surface area contributed by atoms with Crippen molar-refractivity contribution in [3.63, 3.8) is 0 Å². The van der Waals surface area contributed by atoms with Gasteiger partial charge < -0.3 is 10.4 Å². The van der Waals surface area contributed by atoms with Gasteiger partial charge in [0.15, 0.2) is 0 Å². The van der Waals surface area contributed by atoms with Gasteiger partial charge in [-0.05, 0) is 24.9 Å². The number of nitrogens with zero attached hydrogens (tertiary/aromatic N) is 1. The molecule has 0 radical (unpaired) electrons. The summed E-state index contributed by atoms with van der Waals surface area (Å²) in [6.07, 6.45) is 1.70. The van der Waals surface area contributed by atoms with Gasteiger partial charge in [-0.15, -0.1) is 0 Å². The molecule has 0 amide bonds. The third kappa shape index (κ3) is 4.99. The Morgan fingerprint density at radius 3 is 2.65 bits per heavy atom. The van der Waals surface area contributed by atoms with Crippen LogP contribution in [0.1, 0.15) is 37.8 Å². The molecule has 2 unspecified atom stereocenters. The Morgan fingerprint density at radius 2 is 2.06 bits per heavy atom. The summed E-state index contributed by atoms with van der Waals surface area (Å²) in [5.74, 6) is 0. The zero-order valence-electron chi connectivity index (χ0n) is 10.3. The van der Waals surface area contributed by atoms with Crippen molar-refractivity contribution < 1.29 is 5.11 Å². The van der Waals surface area contributed by atoms with E-state index in [1.807, 2.05) is 37.3 Å². The predicted octanol–water partition coefficient (Wildman–Crippen LogP) is 2.39. The van der Waals surface area contributed by atoms with Crippen LogP contribution in [0.15, 0.2) is 30.3 Å². The van der Waals surface area contributed by atoms with Crippen molar-refractivity contribution in [2.24, 2.45) is 0 Å². The number of nitrogens with one attached hydrogen (secondary N) is 1. The summed E-state index contributed by atoms with van der Waals surface area (Å²) in [5.41, 5.74) is 1.13. The van der Waals surface area contributed by atoms with E-state index in [2.05, 4.69) is 11.4 Å². The van der Waals surface area contributed by atoms with Gasteiger partial charge in [0.05, 0.1) is 18.6 Å². The molecule has 17 heavy (non-hydrogen) atoms. The second-order valence-corrected chi connectivity index (χ2v) is 4.13. The maximum atomic E-state index is 9.47. The highest BCUT2D eigenvalue weighted by molar-refractivity contribution is 5.19. The van der Waals surface area contributed by atoms with E-state index in [1.54, 1.807) is 0 Å². The fourth-order valence-corrected chi connectivity index (χ4v) is 1.71. The molecule has 0 heterocycles. The van der Waals surface area contributed by atoms with Crippen molar-refractivity contribution in [2.45, 2.75) is 38.3 Å². The molecule has 0 saturated heterocycles. The number of benzene rings is 1. The molecule has 0 bridgehead atoms. The number of aliphatic hydroxyl groups excluding tert-OH is 1. The lowest BCUT2D eigenvalue weighted by Gasteiger charge is -2.17. The maximum absolute atomic E-state index is 9.47. The van der Waals surface area contributed by atoms with Crippen molar-refractivity contribution in [1.82, 2.24) is 5.32 Å². The van der Waals surface area contributed by atoms with E-state index in [9.17, 15) is 5.11 Å². The van der Waals surface area contributed by atoms with Gasteiger partial charge in [0.25, 0.3) is 0 Å². The molecule has 1 aromatic carbocycles. The average molecular weight is 232 g/mol. The van der Waals surface area contributed by atoms with Crippen LogP contribution >= 0.6 is 0 Å². The zero-order valence-corrected chi connectivity index (χ0v) is 10.3. The number of aliphatic hydroxyl groups is 1. The fourth-order valence-electron chi connectivity index (χ4n) is 1.71. The van der Waals surface area contributed by atoms with Crippen molar-refractivity contribution in [1.29, 1.82) is 5.26 Å². The van der Waals surface area contributed by atoms with Crippen LogP contribution in [0.5, 0.6) is 0 Å². The maximum Gasteiger partial charge on any atom is 0.0641 e. The van der Waals surface area contributed by atoms with E-state index in [1.165, 1.54) is 0 Å². The minimum absolute atomic E-state index is 0.0604. The van der Waals surface area contributed by atoms with Gasteiger partial charge in [-0.2, -0.15) is 5.26 Å². The predicted molar refractivity (Wildman–Crippen MR) is 68.3 cm³/mol. The lowest BCUT2D eigenvalue weighted by Crippen LogP contribution is -2.25. The Kier molecular flexibility index (Phi) is 6.31. The van der Waals surface area contributed by atoms with Crippen LogP contribution in [-0.4, -0.2) is 17.8 Å². The number of hydrogen-bond acceptors (Lipinski definition) is 3. The van der Waals surface area contributed by atoms with E-state index < -0.39 is 0 Å². The van der Waals surface area contributed by atoms with E-state index >= 15 is 0 Å². The molecule has 0 saturated carbocycles. The van der Waals surface area contributed by atoms with Crippen LogP contribution in [0.2, 0.25) is 0 Å². The third-order valence-corrected chi connectivity index (χ3v) is 2.84. The highest BCUT2D eigenvalue weighted by Crippen LogP contribution is 2.15. The molecular formula is C14H20N2O. The quantitative estimate of drug-likeness (QED) is 0.759. The standard InChI is InChI=1S/C14H20N2O/c1-2-13(17)9-11-16-14(8-10-15)12-6-4-3-5-7-12/h3-7,13-14,16-17H,2,8-9,11H2,1H3. The normalized spacial score (nSPS) is 13.9. The van der Waals surface area contributed by atoms with Crippen LogP contribution in [-0.2, 0) is 0 Å². The summed E-state index contributed by atoms with van der Waals surface area (Å²) in [6.45, 7) is 2.70. The molecular weight excluding hydrogens is 212 g/mol. The van der Waals surface area contributed by atoms with Crippen LogP contribution in [0.3, 0.4) is 0 Å². The van der Waals surface area contributed by atoms with E-state index in [-0.39, 0.29) is 12.1 Å². The van der Waals surface area contributed by atoms with Crippen LogP contribution in [0.4, 0.5) is 0 Å². The molecule has 3 nitrogen and oxygen atoms in total. The first-order valence-electron chi connectivity index (χ1n) is 6.11. The van der Waals surface area contributed by atoms with Gasteiger partial charge in [0.1, 0.15) is 0 Å². The van der Waals surface area contributed by atoms with Crippen LogP contribution in [0.25, 0.3) is 0 Å². The Hall–Kier alpha value is -1.37. The van der Waals surface area contributed by atoms with Crippen molar-refractivity contribution in [2.75, 3.05) is 6.54 Å². The average Bonchev–Trinajstić information content (AvgIpc) is 2.38. The summed E-state index contributed by atoms with van der Waals surface area (Å²) in [5, 5.41) is 21.6. The number of nitriles is 1. The second kappa shape index (κ2) is 7.83. The molecule has 0 aliphatic heterocycles. The highest BCUT2D eigenvalue weighted by Gasteiger charge is 2.10. The number of rotatable bonds is 7. The van der Waals surface area contributed by atoms with E-state index in [0.29, 0.717) is 6.42 Å². The first kappa shape index (κ1) is 13.7. The van der Waals surface area contributed by atoms with Crippen molar-refractivity contribution in [3.05, 3.63) is 35.9 Å². The molecule has 0 fully saturated rings. The fraction of sp³-hybridized carbons (Fsp3) is 0.500. The summed E-state index contributed by atoms with van der Waals surface area (Å²) in [4.78, 5) is 0. The number of hydrogen-bond donors (Lipinski definition) is 2. The minimum atomic E-state index is -0.249. The molecule has 0 aromatic heterocycles. The molecule has 0 aliphatic rings. The van der Waals surface area contributed by atoms with Gasteiger partial charge in [-0.3, -0.25) is 0 Å². The molecule has 0 spiro atoms. The van der Waals surface area contributed by atoms with Gasteiger partial charge in [-0.1, -0.05) is 37.3 Å². The molecule has 1 rings (SSSR count). The SMILES string of the molecule is CCC(O)CCNC(CC#N)c1ccccc1. The monoisotopic (exact) mass is 232 g/mol. The first-order valence-corrected chi connectivity index (χ1v) is 6.11. The molecule has 2 atom stereocenters. The molecule has 2 N–H and O–H groups in total. The van der Waals surface area contributed by atoms with E-state index in [0.717, 1.165) is 24.9 Å². The molecule has 3 heteroatoms. The van der Waals surface area contributed by atoms with Gasteiger partial charge in [0.2, 0.25) is 0 Å². The second-order valence-electron chi connectivity index (χ2n) is 4.13. The van der Waals surface area contributed by atoms with Crippen molar-refractivity contribution in [3.8, 4) is 6.07 Å². The van der Waals surface area contributed by atoms with Crippen molar-refractivity contribution >= 4 is 0 Å². The van der Waals surface area contributed by atoms with Gasteiger partial charge in [0, 0.05) is 6.04 Å². The summed E-state index contributed by atoms with van der Waals surface area (Å²) < 4.78 is 0. The Labute approximate surface area is 103 Å². The Morgan fingerprint density at radius 1 is 1.35 bits per heavy atom. The summed E-state index contributed by atoms with van der Waals surface area (Å²) in [7, 11) is 0. The lowest BCUT2D eigenvalue weighted by molar-refractivity contribution is 0.158. The largest absolute Gasteiger partial charge is 0.393 e. The lowest BCUT2D eigenvalue weighted by atomic mass is 10.0. The molecule has 0 aliphatic carbocycles. The van der Waals surface area contributed by atoms with E-state index in [4.69, 9.17) is 5.26 Å². The smallest absolute Gasteiger partial charge is 0.0641 e. The Balaban J connectivity index is 2.48. The third-order valence-electron chi connectivity index (χ3n) is 2.84. The molecule has 1 aromatic rings. The molecule has 92 valence electrons. The van der Waals surface area contributed by atoms with Gasteiger partial charge >= 0.3 is 0 Å². The van der Waals surface area contributed by atoms with Gasteiger partial charge in [-0.25, -0.2) is 0 Å².